The number of fused-ring (bicyclic) bond motifs is 8. The van der Waals surface area contributed by atoms with Crippen LogP contribution in [-0.4, -0.2) is 20.8 Å². The predicted octanol–water partition coefficient (Wildman–Crippen LogP) is 9.47. The summed E-state index contributed by atoms with van der Waals surface area (Å²) in [6.07, 6.45) is 0. The van der Waals surface area contributed by atoms with Gasteiger partial charge in [-0.2, -0.15) is 0 Å². The molecule has 196 valence electrons. The van der Waals surface area contributed by atoms with Gasteiger partial charge in [0.05, 0.1) is 33.4 Å². The highest BCUT2D eigenvalue weighted by Crippen LogP contribution is 2.37. The van der Waals surface area contributed by atoms with E-state index in [0.29, 0.717) is 0 Å². The van der Waals surface area contributed by atoms with Crippen LogP contribution in [-0.2, 0) is 0 Å². The summed E-state index contributed by atoms with van der Waals surface area (Å²) in [4.78, 5) is 11.0. The zero-order valence-corrected chi connectivity index (χ0v) is 22.6. The SMILES string of the molecule is c1ccc2c(c1)/N=C(/n1c3ccccc3c3ccccc31)c1ccccc1/N=C\2n1c2ccccc2c2ccccc21. The van der Waals surface area contributed by atoms with Gasteiger partial charge in [-0.05, 0) is 48.5 Å². The largest absolute Gasteiger partial charge is 0.293 e. The lowest BCUT2D eigenvalue weighted by Gasteiger charge is -2.20. The maximum Gasteiger partial charge on any atom is 0.147 e. The highest BCUT2D eigenvalue weighted by atomic mass is 15.1. The molecule has 0 fully saturated rings. The van der Waals surface area contributed by atoms with Gasteiger partial charge in [0.2, 0.25) is 0 Å². The van der Waals surface area contributed by atoms with E-state index in [4.69, 9.17) is 9.98 Å². The smallest absolute Gasteiger partial charge is 0.147 e. The highest BCUT2D eigenvalue weighted by Gasteiger charge is 2.24. The van der Waals surface area contributed by atoms with Gasteiger partial charge in [-0.1, -0.05) is 97.1 Å². The van der Waals surface area contributed by atoms with Crippen molar-refractivity contribution < 1.29 is 0 Å². The maximum atomic E-state index is 5.49. The zero-order chi connectivity index (χ0) is 27.6. The van der Waals surface area contributed by atoms with E-state index in [2.05, 4.69) is 155 Å². The van der Waals surface area contributed by atoms with E-state index in [1.165, 1.54) is 21.5 Å². The first-order chi connectivity index (χ1) is 20.9. The average molecular weight is 537 g/mol. The number of benzene rings is 6. The molecule has 8 aromatic rings. The molecule has 42 heavy (non-hydrogen) atoms. The van der Waals surface area contributed by atoms with E-state index in [0.717, 1.165) is 56.2 Å². The molecule has 0 unspecified atom stereocenters. The van der Waals surface area contributed by atoms with Crippen LogP contribution in [0.25, 0.3) is 43.6 Å². The number of aromatic nitrogens is 2. The minimum absolute atomic E-state index is 0.862. The summed E-state index contributed by atoms with van der Waals surface area (Å²) in [6, 6.07) is 51.0. The Kier molecular flexibility index (Phi) is 4.87. The Hall–Kier alpha value is -5.74. The third-order valence-electron chi connectivity index (χ3n) is 8.33. The van der Waals surface area contributed by atoms with Gasteiger partial charge in [-0.15, -0.1) is 0 Å². The Labute approximate surface area is 242 Å². The summed E-state index contributed by atoms with van der Waals surface area (Å²) >= 11 is 0. The Morgan fingerprint density at radius 2 is 0.595 bits per heavy atom. The number of para-hydroxylation sites is 6. The summed E-state index contributed by atoms with van der Waals surface area (Å²) in [5.74, 6) is 1.72. The summed E-state index contributed by atoms with van der Waals surface area (Å²) in [6.45, 7) is 0. The van der Waals surface area contributed by atoms with Crippen molar-refractivity contribution in [1.29, 1.82) is 0 Å². The molecule has 0 saturated heterocycles. The van der Waals surface area contributed by atoms with Gasteiger partial charge >= 0.3 is 0 Å². The molecule has 6 aromatic carbocycles. The first kappa shape index (κ1) is 23.0. The van der Waals surface area contributed by atoms with Gasteiger partial charge < -0.3 is 0 Å². The van der Waals surface area contributed by atoms with Crippen LogP contribution in [0.3, 0.4) is 0 Å². The summed E-state index contributed by atoms with van der Waals surface area (Å²) in [7, 11) is 0. The van der Waals surface area contributed by atoms with Crippen molar-refractivity contribution in [3.05, 3.63) is 157 Å². The number of hydrogen-bond donors (Lipinski definition) is 0. The molecule has 2 aromatic heterocycles. The van der Waals surface area contributed by atoms with Crippen molar-refractivity contribution in [3.8, 4) is 0 Å². The molecule has 0 N–H and O–H groups in total. The summed E-state index contributed by atoms with van der Waals surface area (Å²) in [5, 5.41) is 4.83. The minimum atomic E-state index is 0.862. The third kappa shape index (κ3) is 3.23. The fourth-order valence-electron chi connectivity index (χ4n) is 6.51. The van der Waals surface area contributed by atoms with Gasteiger partial charge in [0.1, 0.15) is 11.7 Å². The van der Waals surface area contributed by atoms with Crippen LogP contribution in [0.2, 0.25) is 0 Å². The highest BCUT2D eigenvalue weighted by molar-refractivity contribution is 6.23. The molecular formula is C38H24N4. The van der Waals surface area contributed by atoms with Crippen molar-refractivity contribution in [2.45, 2.75) is 0 Å². The average Bonchev–Trinajstić information content (AvgIpc) is 3.55. The van der Waals surface area contributed by atoms with Crippen LogP contribution in [0.1, 0.15) is 11.1 Å². The van der Waals surface area contributed by atoms with E-state index >= 15 is 0 Å². The normalized spacial score (nSPS) is 15.5. The molecule has 0 bridgehead atoms. The molecule has 0 atom stereocenters. The van der Waals surface area contributed by atoms with Crippen molar-refractivity contribution in [2.24, 2.45) is 9.98 Å². The van der Waals surface area contributed by atoms with Crippen LogP contribution >= 0.6 is 0 Å². The van der Waals surface area contributed by atoms with Crippen molar-refractivity contribution >= 4 is 66.7 Å². The van der Waals surface area contributed by atoms with Crippen LogP contribution < -0.4 is 0 Å². The topological polar surface area (TPSA) is 34.6 Å². The Morgan fingerprint density at radius 1 is 0.310 bits per heavy atom. The lowest BCUT2D eigenvalue weighted by molar-refractivity contribution is 1.20. The van der Waals surface area contributed by atoms with Crippen LogP contribution in [0.5, 0.6) is 0 Å². The Balaban J connectivity index is 1.41. The van der Waals surface area contributed by atoms with E-state index in [1.54, 1.807) is 0 Å². The van der Waals surface area contributed by atoms with Gasteiger partial charge in [0, 0.05) is 32.7 Å². The second-order valence-electron chi connectivity index (χ2n) is 10.6. The molecular weight excluding hydrogens is 512 g/mol. The van der Waals surface area contributed by atoms with Crippen molar-refractivity contribution in [2.75, 3.05) is 0 Å². The number of rotatable bonds is 0. The van der Waals surface area contributed by atoms with E-state index in [-0.39, 0.29) is 0 Å². The lowest BCUT2D eigenvalue weighted by atomic mass is 10.1. The minimum Gasteiger partial charge on any atom is -0.293 e. The number of aliphatic imine (C=N–C) groups is 2. The monoisotopic (exact) mass is 536 g/mol. The van der Waals surface area contributed by atoms with Crippen LogP contribution in [0.15, 0.2) is 156 Å². The quantitative estimate of drug-likeness (QED) is 0.185. The van der Waals surface area contributed by atoms with E-state index in [9.17, 15) is 0 Å². The Morgan fingerprint density at radius 3 is 0.952 bits per heavy atom. The van der Waals surface area contributed by atoms with Crippen molar-refractivity contribution in [3.63, 3.8) is 0 Å². The van der Waals surface area contributed by atoms with Gasteiger partial charge in [-0.3, -0.25) is 9.13 Å². The standard InChI is InChI=1S/C38H24N4/c1-7-19-31-29(17-1)37(41-33-21-9-3-13-25(33)26-14-4-10-22-34(26)41)40-32-20-8-2-18-30(32)38(39-31)42-35-23-11-5-15-27(35)28-16-6-12-24-36(28)42/h1-24H/b37-29?,38-30?,39-31?,39-38+,40-32?,40-37+. The third-order valence-corrected chi connectivity index (χ3v) is 8.33. The summed E-state index contributed by atoms with van der Waals surface area (Å²) < 4.78 is 4.59. The molecule has 0 amide bonds. The first-order valence-electron chi connectivity index (χ1n) is 14.2. The van der Waals surface area contributed by atoms with Crippen molar-refractivity contribution in [1.82, 2.24) is 9.13 Å². The molecule has 3 heterocycles. The molecule has 0 radical (unpaired) electrons. The second-order valence-corrected chi connectivity index (χ2v) is 10.6. The van der Waals surface area contributed by atoms with Gasteiger partial charge in [-0.25, -0.2) is 9.98 Å². The number of nitrogens with zero attached hydrogens (tertiary/aromatic N) is 4. The van der Waals surface area contributed by atoms with Gasteiger partial charge in [0.25, 0.3) is 0 Å². The molecule has 4 heteroatoms. The first-order valence-corrected chi connectivity index (χ1v) is 14.2. The number of hydrogen-bond acceptors (Lipinski definition) is 2. The van der Waals surface area contributed by atoms with E-state index < -0.39 is 0 Å². The molecule has 0 saturated carbocycles. The fraction of sp³-hybridized carbons (Fsp3) is 0. The van der Waals surface area contributed by atoms with Gasteiger partial charge in [0.15, 0.2) is 0 Å². The molecule has 0 aliphatic carbocycles. The molecule has 0 spiro atoms. The predicted molar refractivity (Wildman–Crippen MR) is 175 cm³/mol. The van der Waals surface area contributed by atoms with Crippen LogP contribution in [0.4, 0.5) is 11.4 Å². The van der Waals surface area contributed by atoms with Crippen LogP contribution in [0, 0.1) is 0 Å². The summed E-state index contributed by atoms with van der Waals surface area (Å²) in [5.41, 5.74) is 8.21. The van der Waals surface area contributed by atoms with E-state index in [1.807, 2.05) is 0 Å². The zero-order valence-electron chi connectivity index (χ0n) is 22.6. The Bertz CT molecular complexity index is 2140. The molecule has 4 nitrogen and oxygen atoms in total. The molecule has 9 rings (SSSR count). The maximum absolute atomic E-state index is 5.49. The second kappa shape index (κ2) is 8.88. The molecule has 1 aliphatic rings. The lowest BCUT2D eigenvalue weighted by Crippen LogP contribution is -2.18. The molecule has 1 aliphatic heterocycles. The fourth-order valence-corrected chi connectivity index (χ4v) is 6.51.